The van der Waals surface area contributed by atoms with Crippen LogP contribution in [0.1, 0.15) is 13.8 Å². The van der Waals surface area contributed by atoms with Crippen LogP contribution in [0.3, 0.4) is 0 Å². The van der Waals surface area contributed by atoms with E-state index in [9.17, 15) is 14.3 Å². The fraction of sp³-hybridized carbons (Fsp3) is 0.462. The number of nitrogens with one attached hydrogen (secondary N) is 2. The maximum absolute atomic E-state index is 13.5. The number of anilines is 1. The molecule has 0 heterocycles. The maximum atomic E-state index is 13.5. The summed E-state index contributed by atoms with van der Waals surface area (Å²) in [5, 5.41) is 14.6. The second kappa shape index (κ2) is 7.35. The molecule has 0 unspecified atom stereocenters. The first-order valence-electron chi connectivity index (χ1n) is 6.00. The molecule has 0 aliphatic heterocycles. The summed E-state index contributed by atoms with van der Waals surface area (Å²) in [5.74, 6) is -0.300. The third-order valence-corrected chi connectivity index (χ3v) is 3.42. The standard InChI is InChI=1S/C13H19FN2O2S/c1-8(2)11(17)7-15-13(18)16-9-4-5-12(19-3)10(14)6-9/h4-6,8,11,17H,7H2,1-3H3,(H2,15,16,18)/t11-/m1/s1. The molecule has 1 rings (SSSR count). The Morgan fingerprint density at radius 2 is 2.16 bits per heavy atom. The van der Waals surface area contributed by atoms with E-state index in [0.717, 1.165) is 0 Å². The molecular weight excluding hydrogens is 267 g/mol. The number of aliphatic hydroxyl groups excluding tert-OH is 1. The second-order valence-corrected chi connectivity index (χ2v) is 5.34. The van der Waals surface area contributed by atoms with E-state index >= 15 is 0 Å². The summed E-state index contributed by atoms with van der Waals surface area (Å²) in [6.07, 6.45) is 1.19. The molecule has 0 spiro atoms. The van der Waals surface area contributed by atoms with Gasteiger partial charge in [0, 0.05) is 17.1 Å². The fourth-order valence-corrected chi connectivity index (χ4v) is 1.81. The van der Waals surface area contributed by atoms with Crippen LogP contribution in [-0.4, -0.2) is 30.0 Å². The van der Waals surface area contributed by atoms with Crippen molar-refractivity contribution in [2.24, 2.45) is 5.92 Å². The number of thioether (sulfide) groups is 1. The van der Waals surface area contributed by atoms with Gasteiger partial charge in [-0.3, -0.25) is 0 Å². The van der Waals surface area contributed by atoms with Crippen LogP contribution < -0.4 is 10.6 Å². The normalized spacial score (nSPS) is 12.3. The van der Waals surface area contributed by atoms with Gasteiger partial charge in [0.05, 0.1) is 6.10 Å². The number of amides is 2. The van der Waals surface area contributed by atoms with E-state index < -0.39 is 12.1 Å². The van der Waals surface area contributed by atoms with E-state index in [-0.39, 0.29) is 18.3 Å². The largest absolute Gasteiger partial charge is 0.391 e. The maximum Gasteiger partial charge on any atom is 0.319 e. The van der Waals surface area contributed by atoms with E-state index in [1.165, 1.54) is 17.8 Å². The van der Waals surface area contributed by atoms with Gasteiger partial charge in [0.2, 0.25) is 0 Å². The van der Waals surface area contributed by atoms with Crippen molar-refractivity contribution >= 4 is 23.5 Å². The van der Waals surface area contributed by atoms with Gasteiger partial charge in [0.1, 0.15) is 5.82 Å². The summed E-state index contributed by atoms with van der Waals surface area (Å²) in [6, 6.07) is 4.05. The first kappa shape index (κ1) is 15.8. The molecule has 2 amide bonds. The Morgan fingerprint density at radius 1 is 1.47 bits per heavy atom. The fourth-order valence-electron chi connectivity index (χ4n) is 1.35. The molecular formula is C13H19FN2O2S. The van der Waals surface area contributed by atoms with Crippen molar-refractivity contribution in [2.45, 2.75) is 24.8 Å². The summed E-state index contributed by atoms with van der Waals surface area (Å²) in [5.41, 5.74) is 0.381. The third-order valence-electron chi connectivity index (χ3n) is 2.65. The lowest BCUT2D eigenvalue weighted by Crippen LogP contribution is -2.37. The van der Waals surface area contributed by atoms with E-state index in [1.807, 2.05) is 13.8 Å². The Kier molecular flexibility index (Phi) is 6.11. The van der Waals surface area contributed by atoms with Crippen LogP contribution in [0.15, 0.2) is 23.1 Å². The van der Waals surface area contributed by atoms with Crippen molar-refractivity contribution in [3.8, 4) is 0 Å². The number of carbonyl (C=O) groups excluding carboxylic acids is 1. The average Bonchev–Trinajstić information content (AvgIpc) is 2.36. The highest BCUT2D eigenvalue weighted by atomic mass is 32.2. The number of carbonyl (C=O) groups is 1. The number of hydrogen-bond acceptors (Lipinski definition) is 3. The van der Waals surface area contributed by atoms with Crippen molar-refractivity contribution in [3.05, 3.63) is 24.0 Å². The highest BCUT2D eigenvalue weighted by Gasteiger charge is 2.11. The van der Waals surface area contributed by atoms with Crippen LogP contribution in [0.25, 0.3) is 0 Å². The van der Waals surface area contributed by atoms with Gasteiger partial charge in [-0.1, -0.05) is 13.8 Å². The zero-order valence-corrected chi connectivity index (χ0v) is 12.1. The van der Waals surface area contributed by atoms with Crippen molar-refractivity contribution in [1.29, 1.82) is 0 Å². The smallest absolute Gasteiger partial charge is 0.319 e. The first-order valence-corrected chi connectivity index (χ1v) is 7.23. The lowest BCUT2D eigenvalue weighted by Gasteiger charge is -2.15. The molecule has 106 valence electrons. The molecule has 1 atom stereocenters. The van der Waals surface area contributed by atoms with Gasteiger partial charge in [-0.05, 0) is 30.4 Å². The number of aliphatic hydroxyl groups is 1. The molecule has 3 N–H and O–H groups in total. The van der Waals surface area contributed by atoms with Crippen LogP contribution in [-0.2, 0) is 0 Å². The zero-order valence-electron chi connectivity index (χ0n) is 11.2. The second-order valence-electron chi connectivity index (χ2n) is 4.50. The lowest BCUT2D eigenvalue weighted by atomic mass is 10.1. The molecule has 0 saturated carbocycles. The molecule has 0 aromatic heterocycles. The minimum Gasteiger partial charge on any atom is -0.391 e. The summed E-state index contributed by atoms with van der Waals surface area (Å²) in [6.45, 7) is 3.89. The van der Waals surface area contributed by atoms with Crippen molar-refractivity contribution in [3.63, 3.8) is 0 Å². The van der Waals surface area contributed by atoms with Gasteiger partial charge < -0.3 is 15.7 Å². The quantitative estimate of drug-likeness (QED) is 0.729. The van der Waals surface area contributed by atoms with E-state index in [2.05, 4.69) is 10.6 Å². The number of rotatable bonds is 5. The number of benzene rings is 1. The molecule has 1 aromatic rings. The Bertz CT molecular complexity index is 441. The van der Waals surface area contributed by atoms with Crippen molar-refractivity contribution in [2.75, 3.05) is 18.1 Å². The van der Waals surface area contributed by atoms with Gasteiger partial charge in [-0.2, -0.15) is 0 Å². The molecule has 1 aromatic carbocycles. The molecule has 19 heavy (non-hydrogen) atoms. The number of halogens is 1. The van der Waals surface area contributed by atoms with Crippen molar-refractivity contribution in [1.82, 2.24) is 5.32 Å². The molecule has 0 radical (unpaired) electrons. The van der Waals surface area contributed by atoms with Crippen LogP contribution >= 0.6 is 11.8 Å². The SMILES string of the molecule is CSc1ccc(NC(=O)NC[C@@H](O)C(C)C)cc1F. The highest BCUT2D eigenvalue weighted by Crippen LogP contribution is 2.22. The van der Waals surface area contributed by atoms with Gasteiger partial charge in [0.25, 0.3) is 0 Å². The van der Waals surface area contributed by atoms with Crippen molar-refractivity contribution < 1.29 is 14.3 Å². The zero-order chi connectivity index (χ0) is 14.4. The topological polar surface area (TPSA) is 61.4 Å². The van der Waals surface area contributed by atoms with Gasteiger partial charge in [-0.25, -0.2) is 9.18 Å². The molecule has 0 fully saturated rings. The summed E-state index contributed by atoms with van der Waals surface area (Å²) >= 11 is 1.30. The number of urea groups is 1. The molecule has 0 bridgehead atoms. The van der Waals surface area contributed by atoms with Crippen LogP contribution in [0.2, 0.25) is 0 Å². The Labute approximate surface area is 116 Å². The molecule has 0 aliphatic carbocycles. The Hall–Kier alpha value is -1.27. The minimum atomic E-state index is -0.596. The minimum absolute atomic E-state index is 0.0682. The van der Waals surface area contributed by atoms with Crippen LogP contribution in [0.4, 0.5) is 14.9 Å². The molecule has 6 heteroatoms. The summed E-state index contributed by atoms with van der Waals surface area (Å²) in [4.78, 5) is 12.1. The van der Waals surface area contributed by atoms with Gasteiger partial charge >= 0.3 is 6.03 Å². The van der Waals surface area contributed by atoms with E-state index in [1.54, 1.807) is 18.4 Å². The Balaban J connectivity index is 2.51. The molecule has 4 nitrogen and oxygen atoms in total. The first-order chi connectivity index (χ1) is 8.93. The summed E-state index contributed by atoms with van der Waals surface area (Å²) in [7, 11) is 0. The summed E-state index contributed by atoms with van der Waals surface area (Å²) < 4.78 is 13.5. The van der Waals surface area contributed by atoms with Gasteiger partial charge in [-0.15, -0.1) is 11.8 Å². The van der Waals surface area contributed by atoms with Gasteiger partial charge in [0.15, 0.2) is 0 Å². The Morgan fingerprint density at radius 3 is 2.68 bits per heavy atom. The average molecular weight is 286 g/mol. The van der Waals surface area contributed by atoms with E-state index in [4.69, 9.17) is 0 Å². The molecule has 0 aliphatic rings. The van der Waals surface area contributed by atoms with Crippen LogP contribution in [0.5, 0.6) is 0 Å². The predicted molar refractivity (Wildman–Crippen MR) is 76.0 cm³/mol. The number of hydrogen-bond donors (Lipinski definition) is 3. The third kappa shape index (κ3) is 5.08. The predicted octanol–water partition coefficient (Wildman–Crippen LogP) is 2.69. The lowest BCUT2D eigenvalue weighted by molar-refractivity contribution is 0.126. The molecule has 0 saturated heterocycles. The van der Waals surface area contributed by atoms with E-state index in [0.29, 0.717) is 10.6 Å². The highest BCUT2D eigenvalue weighted by molar-refractivity contribution is 7.98. The van der Waals surface area contributed by atoms with Crippen LogP contribution in [0, 0.1) is 11.7 Å². The monoisotopic (exact) mass is 286 g/mol.